The van der Waals surface area contributed by atoms with Gasteiger partial charge in [-0.1, -0.05) is 13.3 Å². The van der Waals surface area contributed by atoms with Crippen LogP contribution in [0.25, 0.3) is 0 Å². The second-order valence-electron chi connectivity index (χ2n) is 3.69. The first kappa shape index (κ1) is 10.6. The van der Waals surface area contributed by atoms with Gasteiger partial charge in [0.15, 0.2) is 0 Å². The molecule has 2 rings (SSSR count). The Morgan fingerprint density at radius 2 is 2.12 bits per heavy atom. The van der Waals surface area contributed by atoms with E-state index < -0.39 is 17.4 Å². The zero-order valence-corrected chi connectivity index (χ0v) is 8.83. The highest BCUT2D eigenvalue weighted by Crippen LogP contribution is 2.18. The number of carbonyl (C=O) groups excluding carboxylic acids is 2. The second-order valence-corrected chi connectivity index (χ2v) is 3.69. The molecule has 0 unspecified atom stereocenters. The third-order valence-corrected chi connectivity index (χ3v) is 2.44. The van der Waals surface area contributed by atoms with Gasteiger partial charge in [0.2, 0.25) is 5.91 Å². The van der Waals surface area contributed by atoms with E-state index in [0.717, 1.165) is 6.42 Å². The van der Waals surface area contributed by atoms with Gasteiger partial charge < -0.3 is 4.42 Å². The highest BCUT2D eigenvalue weighted by atomic mass is 16.4. The fourth-order valence-electron chi connectivity index (χ4n) is 1.84. The van der Waals surface area contributed by atoms with Crippen LogP contribution in [0.1, 0.15) is 35.0 Å². The highest BCUT2D eigenvalue weighted by Gasteiger charge is 2.27. The zero-order chi connectivity index (χ0) is 11.7. The minimum atomic E-state index is -0.510. The number of amides is 2. The van der Waals surface area contributed by atoms with Crippen molar-refractivity contribution in [2.75, 3.05) is 0 Å². The number of aryl methyl sites for hydroxylation is 1. The number of hydrogen-bond donors (Lipinski definition) is 1. The van der Waals surface area contributed by atoms with Crippen molar-refractivity contribution in [2.45, 2.75) is 26.2 Å². The van der Waals surface area contributed by atoms with Gasteiger partial charge >= 0.3 is 5.63 Å². The third-order valence-electron chi connectivity index (χ3n) is 2.44. The van der Waals surface area contributed by atoms with Crippen LogP contribution in [0.2, 0.25) is 0 Å². The van der Waals surface area contributed by atoms with Crippen LogP contribution in [-0.2, 0) is 17.6 Å². The third kappa shape index (κ3) is 1.76. The Morgan fingerprint density at radius 3 is 2.81 bits per heavy atom. The summed E-state index contributed by atoms with van der Waals surface area (Å²) in [5.74, 6) is -0.725. The topological polar surface area (TPSA) is 76.4 Å². The summed E-state index contributed by atoms with van der Waals surface area (Å²) < 4.78 is 4.89. The maximum atomic E-state index is 11.6. The zero-order valence-electron chi connectivity index (χ0n) is 8.83. The van der Waals surface area contributed by atoms with E-state index in [4.69, 9.17) is 4.42 Å². The van der Waals surface area contributed by atoms with Crippen LogP contribution in [0.4, 0.5) is 0 Å². The number of nitrogens with one attached hydrogen (secondary N) is 1. The summed E-state index contributed by atoms with van der Waals surface area (Å²) in [5, 5.41) is 2.21. The van der Waals surface area contributed by atoms with Gasteiger partial charge in [0.25, 0.3) is 5.91 Å². The van der Waals surface area contributed by atoms with Gasteiger partial charge in [-0.25, -0.2) is 4.79 Å². The minimum Gasteiger partial charge on any atom is -0.426 e. The van der Waals surface area contributed by atoms with Crippen molar-refractivity contribution < 1.29 is 14.0 Å². The summed E-state index contributed by atoms with van der Waals surface area (Å²) in [6.07, 6.45) is 1.39. The van der Waals surface area contributed by atoms with Crippen LogP contribution < -0.4 is 10.9 Å². The minimum absolute atomic E-state index is 0.0478. The van der Waals surface area contributed by atoms with E-state index in [2.05, 4.69) is 5.32 Å². The first-order chi connectivity index (χ1) is 7.61. The van der Waals surface area contributed by atoms with E-state index in [-0.39, 0.29) is 12.2 Å². The SMILES string of the molecule is CCCc1cc(=O)oc2c1C(=O)NC(=O)C2. The lowest BCUT2D eigenvalue weighted by Crippen LogP contribution is -2.38. The number of carbonyl (C=O) groups is 2. The Hall–Kier alpha value is -1.91. The van der Waals surface area contributed by atoms with Crippen molar-refractivity contribution in [3.63, 3.8) is 0 Å². The Kier molecular flexibility index (Phi) is 2.60. The van der Waals surface area contributed by atoms with Gasteiger partial charge in [-0.3, -0.25) is 14.9 Å². The molecular formula is C11H11NO4. The second kappa shape index (κ2) is 3.92. The first-order valence-corrected chi connectivity index (χ1v) is 5.12. The highest BCUT2D eigenvalue weighted by molar-refractivity contribution is 6.09. The first-order valence-electron chi connectivity index (χ1n) is 5.12. The molecule has 0 atom stereocenters. The summed E-state index contributed by atoms with van der Waals surface area (Å²) in [6, 6.07) is 1.32. The molecule has 0 aromatic carbocycles. The van der Waals surface area contributed by atoms with Crippen LogP contribution >= 0.6 is 0 Å². The number of hydrogen-bond acceptors (Lipinski definition) is 4. The molecular weight excluding hydrogens is 210 g/mol. The van der Waals surface area contributed by atoms with Crippen LogP contribution in [0, 0.1) is 0 Å². The lowest BCUT2D eigenvalue weighted by Gasteiger charge is -2.16. The largest absolute Gasteiger partial charge is 0.426 e. The summed E-state index contributed by atoms with van der Waals surface area (Å²) >= 11 is 0. The standard InChI is InChI=1S/C11H11NO4/c1-2-3-6-4-9(14)16-7-5-8(13)12-11(15)10(6)7/h4H,2-3,5H2,1H3,(H,12,13,15). The fourth-order valence-corrected chi connectivity index (χ4v) is 1.84. The van der Waals surface area contributed by atoms with Gasteiger partial charge in [0.05, 0.1) is 12.0 Å². The average Bonchev–Trinajstić information content (AvgIpc) is 2.15. The maximum absolute atomic E-state index is 11.6. The lowest BCUT2D eigenvalue weighted by atomic mass is 9.99. The molecule has 5 heteroatoms. The molecule has 1 aliphatic heterocycles. The van der Waals surface area contributed by atoms with E-state index in [1.54, 1.807) is 0 Å². The summed E-state index contributed by atoms with van der Waals surface area (Å²) in [4.78, 5) is 34.0. The summed E-state index contributed by atoms with van der Waals surface area (Å²) in [7, 11) is 0. The van der Waals surface area contributed by atoms with E-state index in [1.165, 1.54) is 6.07 Å². The molecule has 0 radical (unpaired) electrons. The molecule has 0 fully saturated rings. The monoisotopic (exact) mass is 221 g/mol. The lowest BCUT2D eigenvalue weighted by molar-refractivity contribution is -0.120. The average molecular weight is 221 g/mol. The quantitative estimate of drug-likeness (QED) is 0.733. The van der Waals surface area contributed by atoms with Gasteiger partial charge in [-0.05, 0) is 12.0 Å². The Labute approximate surface area is 91.5 Å². The number of rotatable bonds is 2. The van der Waals surface area contributed by atoms with E-state index >= 15 is 0 Å². The number of fused-ring (bicyclic) bond motifs is 1. The molecule has 0 saturated heterocycles. The Balaban J connectivity index is 2.61. The number of imide groups is 1. The van der Waals surface area contributed by atoms with Gasteiger partial charge in [0.1, 0.15) is 5.76 Å². The van der Waals surface area contributed by atoms with E-state index in [9.17, 15) is 14.4 Å². The molecule has 16 heavy (non-hydrogen) atoms. The van der Waals surface area contributed by atoms with Crippen molar-refractivity contribution in [1.82, 2.24) is 5.32 Å². The van der Waals surface area contributed by atoms with Crippen molar-refractivity contribution in [2.24, 2.45) is 0 Å². The van der Waals surface area contributed by atoms with Crippen LogP contribution in [0.3, 0.4) is 0 Å². The predicted octanol–water partition coefficient (Wildman–Crippen LogP) is 0.405. The molecule has 84 valence electrons. The van der Waals surface area contributed by atoms with Crippen molar-refractivity contribution >= 4 is 11.8 Å². The molecule has 2 amide bonds. The molecule has 5 nitrogen and oxygen atoms in total. The fraction of sp³-hybridized carbons (Fsp3) is 0.364. The Morgan fingerprint density at radius 1 is 1.38 bits per heavy atom. The smallest absolute Gasteiger partial charge is 0.336 e. The van der Waals surface area contributed by atoms with E-state index in [0.29, 0.717) is 17.5 Å². The molecule has 2 heterocycles. The molecule has 1 aromatic heterocycles. The normalized spacial score (nSPS) is 14.6. The van der Waals surface area contributed by atoms with Crippen LogP contribution in [-0.4, -0.2) is 11.8 Å². The molecule has 1 N–H and O–H groups in total. The Bertz CT molecular complexity index is 515. The van der Waals surface area contributed by atoms with Crippen molar-refractivity contribution in [3.8, 4) is 0 Å². The van der Waals surface area contributed by atoms with E-state index in [1.807, 2.05) is 6.92 Å². The van der Waals surface area contributed by atoms with Crippen molar-refractivity contribution in [1.29, 1.82) is 0 Å². The van der Waals surface area contributed by atoms with Gasteiger partial charge in [-0.15, -0.1) is 0 Å². The van der Waals surface area contributed by atoms with Gasteiger partial charge in [-0.2, -0.15) is 0 Å². The molecule has 0 spiro atoms. The molecule has 0 aliphatic carbocycles. The predicted molar refractivity (Wildman–Crippen MR) is 55.2 cm³/mol. The summed E-state index contributed by atoms with van der Waals surface area (Å²) in [6.45, 7) is 1.95. The molecule has 1 aromatic rings. The van der Waals surface area contributed by atoms with Crippen LogP contribution in [0.15, 0.2) is 15.3 Å². The van der Waals surface area contributed by atoms with Gasteiger partial charge in [0, 0.05) is 6.07 Å². The molecule has 0 saturated carbocycles. The van der Waals surface area contributed by atoms with Crippen molar-refractivity contribution in [3.05, 3.63) is 33.4 Å². The maximum Gasteiger partial charge on any atom is 0.336 e. The molecule has 0 bridgehead atoms. The summed E-state index contributed by atoms with van der Waals surface area (Å²) in [5.41, 5.74) is 0.490. The molecule has 1 aliphatic rings. The van der Waals surface area contributed by atoms with Crippen LogP contribution in [0.5, 0.6) is 0 Å².